The molecule has 0 saturated carbocycles. The zero-order valence-corrected chi connectivity index (χ0v) is 8.36. The quantitative estimate of drug-likeness (QED) is 0.748. The Bertz CT molecular complexity index is 340. The van der Waals surface area contributed by atoms with Crippen LogP contribution in [0.25, 0.3) is 0 Å². The number of nitrogens with zero attached hydrogens (tertiary/aromatic N) is 2. The number of rotatable bonds is 3. The Kier molecular flexibility index (Phi) is 3.43. The third-order valence-electron chi connectivity index (χ3n) is 2.03. The van der Waals surface area contributed by atoms with Crippen molar-refractivity contribution in [2.75, 3.05) is 5.32 Å². The molecule has 0 aliphatic rings. The van der Waals surface area contributed by atoms with Crippen molar-refractivity contribution < 1.29 is 0 Å². The van der Waals surface area contributed by atoms with E-state index in [1.54, 1.807) is 12.1 Å². The minimum atomic E-state index is 0.0440. The van der Waals surface area contributed by atoms with Crippen LogP contribution in [0.1, 0.15) is 19.5 Å². The van der Waals surface area contributed by atoms with Crippen molar-refractivity contribution in [1.29, 1.82) is 5.26 Å². The number of aromatic nitrogens is 1. The van der Waals surface area contributed by atoms with Crippen molar-refractivity contribution in [3.8, 4) is 6.07 Å². The first kappa shape index (κ1) is 10.5. The summed E-state index contributed by atoms with van der Waals surface area (Å²) >= 11 is 0. The zero-order valence-electron chi connectivity index (χ0n) is 8.36. The third kappa shape index (κ3) is 2.71. The van der Waals surface area contributed by atoms with Crippen molar-refractivity contribution in [2.45, 2.75) is 25.9 Å². The van der Waals surface area contributed by atoms with E-state index in [1.165, 1.54) is 0 Å². The molecular weight excluding hydrogens is 176 g/mol. The van der Waals surface area contributed by atoms with Gasteiger partial charge >= 0.3 is 0 Å². The number of nitrogens with two attached hydrogens (primary N) is 1. The second kappa shape index (κ2) is 4.58. The average Bonchev–Trinajstić information content (AvgIpc) is 2.18. The summed E-state index contributed by atoms with van der Waals surface area (Å²) in [6.45, 7) is 3.90. The fraction of sp³-hybridized carbons (Fsp3) is 0.400. The predicted molar refractivity (Wildman–Crippen MR) is 55.7 cm³/mol. The Hall–Kier alpha value is -1.60. The molecule has 1 heterocycles. The van der Waals surface area contributed by atoms with E-state index < -0.39 is 0 Å². The van der Waals surface area contributed by atoms with Crippen LogP contribution in [-0.4, -0.2) is 17.1 Å². The fourth-order valence-corrected chi connectivity index (χ4v) is 0.942. The SMILES string of the molecule is CC(N)C(C)Nc1cccc(C#N)n1. The van der Waals surface area contributed by atoms with Crippen molar-refractivity contribution in [3.63, 3.8) is 0 Å². The highest BCUT2D eigenvalue weighted by Crippen LogP contribution is 2.06. The number of nitriles is 1. The van der Waals surface area contributed by atoms with Gasteiger partial charge in [-0.25, -0.2) is 4.98 Å². The van der Waals surface area contributed by atoms with E-state index in [0.717, 1.165) is 0 Å². The first-order valence-corrected chi connectivity index (χ1v) is 4.52. The van der Waals surface area contributed by atoms with Gasteiger partial charge in [-0.05, 0) is 26.0 Å². The molecule has 0 aromatic carbocycles. The summed E-state index contributed by atoms with van der Waals surface area (Å²) in [6.07, 6.45) is 0. The minimum absolute atomic E-state index is 0.0440. The maximum absolute atomic E-state index is 8.64. The van der Waals surface area contributed by atoms with Gasteiger partial charge < -0.3 is 11.1 Å². The van der Waals surface area contributed by atoms with Crippen LogP contribution in [0.15, 0.2) is 18.2 Å². The molecule has 14 heavy (non-hydrogen) atoms. The monoisotopic (exact) mass is 190 g/mol. The van der Waals surface area contributed by atoms with Gasteiger partial charge in [-0.3, -0.25) is 0 Å². The number of pyridine rings is 1. The lowest BCUT2D eigenvalue weighted by atomic mass is 10.2. The molecule has 0 aliphatic heterocycles. The van der Waals surface area contributed by atoms with Gasteiger partial charge in [0.05, 0.1) is 0 Å². The average molecular weight is 190 g/mol. The molecule has 3 N–H and O–H groups in total. The smallest absolute Gasteiger partial charge is 0.142 e. The van der Waals surface area contributed by atoms with E-state index in [0.29, 0.717) is 11.5 Å². The Morgan fingerprint density at radius 3 is 2.79 bits per heavy atom. The highest BCUT2D eigenvalue weighted by molar-refractivity contribution is 5.39. The van der Waals surface area contributed by atoms with Gasteiger partial charge in [0.2, 0.25) is 0 Å². The molecule has 0 aliphatic carbocycles. The molecule has 1 rings (SSSR count). The van der Waals surface area contributed by atoms with E-state index in [-0.39, 0.29) is 12.1 Å². The Morgan fingerprint density at radius 2 is 2.21 bits per heavy atom. The summed E-state index contributed by atoms with van der Waals surface area (Å²) in [4.78, 5) is 4.09. The van der Waals surface area contributed by atoms with Gasteiger partial charge in [-0.2, -0.15) is 5.26 Å². The molecule has 0 radical (unpaired) electrons. The third-order valence-corrected chi connectivity index (χ3v) is 2.03. The zero-order chi connectivity index (χ0) is 10.6. The molecule has 0 spiro atoms. The summed E-state index contributed by atoms with van der Waals surface area (Å²) in [5, 5.41) is 11.8. The Morgan fingerprint density at radius 1 is 1.50 bits per heavy atom. The summed E-state index contributed by atoms with van der Waals surface area (Å²) in [5.41, 5.74) is 6.11. The minimum Gasteiger partial charge on any atom is -0.366 e. The maximum atomic E-state index is 8.64. The molecule has 2 atom stereocenters. The van der Waals surface area contributed by atoms with Crippen molar-refractivity contribution in [1.82, 2.24) is 4.98 Å². The van der Waals surface area contributed by atoms with E-state index in [4.69, 9.17) is 11.0 Å². The predicted octanol–water partition coefficient (Wildman–Crippen LogP) is 1.10. The first-order chi connectivity index (χ1) is 6.63. The van der Waals surface area contributed by atoms with E-state index >= 15 is 0 Å². The normalized spacial score (nSPS) is 14.1. The standard InChI is InChI=1S/C10H14N4/c1-7(12)8(2)13-10-5-3-4-9(6-11)14-10/h3-5,7-8H,12H2,1-2H3,(H,13,14). The van der Waals surface area contributed by atoms with Crippen LogP contribution in [0.4, 0.5) is 5.82 Å². The van der Waals surface area contributed by atoms with Crippen LogP contribution in [0.2, 0.25) is 0 Å². The molecule has 4 nitrogen and oxygen atoms in total. The van der Waals surface area contributed by atoms with Gasteiger partial charge in [-0.1, -0.05) is 6.07 Å². The fourth-order valence-electron chi connectivity index (χ4n) is 0.942. The molecule has 2 unspecified atom stereocenters. The van der Waals surface area contributed by atoms with Gasteiger partial charge in [0.1, 0.15) is 17.6 Å². The Labute approximate surface area is 83.8 Å². The molecule has 74 valence electrons. The lowest BCUT2D eigenvalue weighted by Crippen LogP contribution is -2.35. The molecule has 0 bridgehead atoms. The van der Waals surface area contributed by atoms with E-state index in [1.807, 2.05) is 26.0 Å². The Balaban J connectivity index is 2.73. The van der Waals surface area contributed by atoms with Crippen molar-refractivity contribution >= 4 is 5.82 Å². The van der Waals surface area contributed by atoms with Crippen LogP contribution in [0.5, 0.6) is 0 Å². The van der Waals surface area contributed by atoms with Crippen LogP contribution >= 0.6 is 0 Å². The lowest BCUT2D eigenvalue weighted by molar-refractivity contribution is 0.636. The number of hydrogen-bond acceptors (Lipinski definition) is 4. The van der Waals surface area contributed by atoms with Crippen molar-refractivity contribution in [2.24, 2.45) is 5.73 Å². The second-order valence-electron chi connectivity index (χ2n) is 3.31. The first-order valence-electron chi connectivity index (χ1n) is 4.52. The van der Waals surface area contributed by atoms with E-state index in [2.05, 4.69) is 10.3 Å². The molecular formula is C10H14N4. The molecule has 0 amide bonds. The van der Waals surface area contributed by atoms with Crippen LogP contribution in [-0.2, 0) is 0 Å². The number of hydrogen-bond donors (Lipinski definition) is 2. The number of anilines is 1. The van der Waals surface area contributed by atoms with Gasteiger partial charge in [0.15, 0.2) is 0 Å². The summed E-state index contributed by atoms with van der Waals surface area (Å²) in [5.74, 6) is 0.689. The molecule has 0 fully saturated rings. The van der Waals surface area contributed by atoms with Crippen LogP contribution in [0, 0.1) is 11.3 Å². The summed E-state index contributed by atoms with van der Waals surface area (Å²) in [6, 6.07) is 7.45. The lowest BCUT2D eigenvalue weighted by Gasteiger charge is -2.17. The highest BCUT2D eigenvalue weighted by atomic mass is 15.0. The van der Waals surface area contributed by atoms with Crippen LogP contribution in [0.3, 0.4) is 0 Å². The number of nitrogens with one attached hydrogen (secondary N) is 1. The highest BCUT2D eigenvalue weighted by Gasteiger charge is 2.07. The topological polar surface area (TPSA) is 74.7 Å². The van der Waals surface area contributed by atoms with Crippen LogP contribution < -0.4 is 11.1 Å². The van der Waals surface area contributed by atoms with Gasteiger partial charge in [0.25, 0.3) is 0 Å². The summed E-state index contributed by atoms with van der Waals surface area (Å²) in [7, 11) is 0. The van der Waals surface area contributed by atoms with Crippen molar-refractivity contribution in [3.05, 3.63) is 23.9 Å². The largest absolute Gasteiger partial charge is 0.366 e. The van der Waals surface area contributed by atoms with E-state index in [9.17, 15) is 0 Å². The maximum Gasteiger partial charge on any atom is 0.142 e. The molecule has 1 aromatic rings. The molecule has 4 heteroatoms. The molecule has 0 saturated heterocycles. The molecule has 1 aromatic heterocycles. The second-order valence-corrected chi connectivity index (χ2v) is 3.31. The van der Waals surface area contributed by atoms with Gasteiger partial charge in [0, 0.05) is 12.1 Å². The van der Waals surface area contributed by atoms with Gasteiger partial charge in [-0.15, -0.1) is 0 Å². The summed E-state index contributed by atoms with van der Waals surface area (Å²) < 4.78 is 0.